The second-order valence-electron chi connectivity index (χ2n) is 5.67. The van der Waals surface area contributed by atoms with Crippen LogP contribution in [-0.4, -0.2) is 51.3 Å². The molecule has 1 aliphatic rings. The van der Waals surface area contributed by atoms with E-state index in [1.807, 2.05) is 0 Å². The number of anilines is 1. The molecule has 2 atom stereocenters. The molecule has 2 heterocycles. The van der Waals surface area contributed by atoms with Crippen molar-refractivity contribution in [3.8, 4) is 0 Å². The molecule has 0 bridgehead atoms. The van der Waals surface area contributed by atoms with Gasteiger partial charge in [0.15, 0.2) is 10.8 Å². The number of carbonyl (C=O) groups excluding carboxylic acids is 2. The highest BCUT2D eigenvalue weighted by molar-refractivity contribution is 7.13. The third-order valence-electron chi connectivity index (χ3n) is 3.30. The molecule has 2 amide bonds. The number of thiazole rings is 1. The first-order valence-corrected chi connectivity index (χ1v) is 7.82. The van der Waals surface area contributed by atoms with Gasteiger partial charge in [0.2, 0.25) is 11.5 Å². The molecular formula is C13H17N5O5S. The van der Waals surface area contributed by atoms with E-state index in [-0.39, 0.29) is 28.5 Å². The first-order chi connectivity index (χ1) is 11.1. The molecule has 10 nitrogen and oxygen atoms in total. The number of hydrogen-bond acceptors (Lipinski definition) is 8. The Morgan fingerprint density at radius 1 is 1.54 bits per heavy atom. The number of carbonyl (C=O) groups is 3. The zero-order valence-electron chi connectivity index (χ0n) is 13.2. The van der Waals surface area contributed by atoms with Gasteiger partial charge >= 0.3 is 5.97 Å². The molecule has 11 heteroatoms. The Hall–Kier alpha value is -2.69. The third-order valence-corrected chi connectivity index (χ3v) is 3.97. The molecule has 24 heavy (non-hydrogen) atoms. The van der Waals surface area contributed by atoms with Crippen molar-refractivity contribution < 1.29 is 24.3 Å². The predicted molar refractivity (Wildman–Crippen MR) is 85.4 cm³/mol. The molecule has 5 N–H and O–H groups in total. The lowest BCUT2D eigenvalue weighted by Crippen LogP contribution is -2.68. The number of nitrogens with two attached hydrogens (primary N) is 1. The number of carboxylic acids is 1. The summed E-state index contributed by atoms with van der Waals surface area (Å²) in [5, 5.41) is 19.5. The van der Waals surface area contributed by atoms with Crippen LogP contribution in [0.5, 0.6) is 0 Å². The third kappa shape index (κ3) is 3.62. The first kappa shape index (κ1) is 17.7. The minimum atomic E-state index is -1.64. The SMILES string of the molecule is C[C@H]1NC(=O)[C@@H]1NC(=O)/C(=N\OC(C)(C)C(=O)O)c1csc(N)n1. The van der Waals surface area contributed by atoms with Crippen LogP contribution in [0.3, 0.4) is 0 Å². The maximum atomic E-state index is 12.4. The lowest BCUT2D eigenvalue weighted by atomic mass is 10.0. The van der Waals surface area contributed by atoms with Gasteiger partial charge in [-0.25, -0.2) is 9.78 Å². The molecular weight excluding hydrogens is 338 g/mol. The Labute approximate surface area is 141 Å². The second-order valence-corrected chi connectivity index (χ2v) is 6.56. The molecule has 0 spiro atoms. The van der Waals surface area contributed by atoms with E-state index in [1.54, 1.807) is 6.92 Å². The average Bonchev–Trinajstić information content (AvgIpc) is 2.91. The van der Waals surface area contributed by atoms with E-state index in [1.165, 1.54) is 19.2 Å². The largest absolute Gasteiger partial charge is 0.478 e. The van der Waals surface area contributed by atoms with Crippen LogP contribution in [0.15, 0.2) is 10.5 Å². The summed E-state index contributed by atoms with van der Waals surface area (Å²) in [5.74, 6) is -2.29. The summed E-state index contributed by atoms with van der Waals surface area (Å²) < 4.78 is 0. The maximum Gasteiger partial charge on any atom is 0.350 e. The molecule has 0 unspecified atom stereocenters. The van der Waals surface area contributed by atoms with Crippen molar-refractivity contribution in [3.63, 3.8) is 0 Å². The number of hydrogen-bond donors (Lipinski definition) is 4. The summed E-state index contributed by atoms with van der Waals surface area (Å²) in [7, 11) is 0. The van der Waals surface area contributed by atoms with E-state index in [2.05, 4.69) is 20.8 Å². The van der Waals surface area contributed by atoms with Crippen LogP contribution in [0.1, 0.15) is 26.5 Å². The number of carboxylic acid groups (broad SMARTS) is 1. The normalized spacial score (nSPS) is 20.8. The summed E-state index contributed by atoms with van der Waals surface area (Å²) in [6, 6.07) is -0.925. The lowest BCUT2D eigenvalue weighted by Gasteiger charge is -2.34. The number of rotatable bonds is 6. The maximum absolute atomic E-state index is 12.4. The summed E-state index contributed by atoms with van der Waals surface area (Å²) in [6.07, 6.45) is 0. The van der Waals surface area contributed by atoms with Gasteiger partial charge in [0.25, 0.3) is 5.91 Å². The van der Waals surface area contributed by atoms with Gasteiger partial charge in [-0.15, -0.1) is 11.3 Å². The van der Waals surface area contributed by atoms with Crippen LogP contribution in [0.2, 0.25) is 0 Å². The predicted octanol–water partition coefficient (Wildman–Crippen LogP) is -0.688. The van der Waals surface area contributed by atoms with Crippen molar-refractivity contribution >= 4 is 40.0 Å². The van der Waals surface area contributed by atoms with Crippen molar-refractivity contribution in [2.24, 2.45) is 5.16 Å². The number of β-lactam (4-membered cyclic amide) rings is 1. The molecule has 2 rings (SSSR count). The Balaban J connectivity index is 2.24. The van der Waals surface area contributed by atoms with E-state index < -0.39 is 23.5 Å². The standard InChI is InChI=1S/C13H17N5O5S/c1-5-7(9(19)15-5)17-10(20)8(6-4-24-12(14)16-6)18-23-13(2,3)11(21)22/h4-5,7H,1-3H3,(H2,14,16)(H,15,19)(H,17,20)(H,21,22)/b18-8-/t5-,7-/m1/s1. The van der Waals surface area contributed by atoms with Gasteiger partial charge in [-0.3, -0.25) is 9.59 Å². The van der Waals surface area contributed by atoms with Crippen molar-refractivity contribution in [1.29, 1.82) is 0 Å². The fraction of sp³-hybridized carbons (Fsp3) is 0.462. The molecule has 1 saturated heterocycles. The molecule has 1 aromatic heterocycles. The fourth-order valence-electron chi connectivity index (χ4n) is 1.73. The number of nitrogen functional groups attached to an aromatic ring is 1. The highest BCUT2D eigenvalue weighted by atomic mass is 32.1. The first-order valence-electron chi connectivity index (χ1n) is 6.94. The van der Waals surface area contributed by atoms with Crippen molar-refractivity contribution in [2.45, 2.75) is 38.5 Å². The highest BCUT2D eigenvalue weighted by Crippen LogP contribution is 2.15. The zero-order valence-corrected chi connectivity index (χ0v) is 14.0. The molecule has 1 aromatic rings. The molecule has 1 fully saturated rings. The van der Waals surface area contributed by atoms with Gasteiger partial charge in [-0.1, -0.05) is 5.16 Å². The summed E-state index contributed by atoms with van der Waals surface area (Å²) >= 11 is 1.08. The van der Waals surface area contributed by atoms with E-state index in [4.69, 9.17) is 15.7 Å². The highest BCUT2D eigenvalue weighted by Gasteiger charge is 2.38. The van der Waals surface area contributed by atoms with E-state index in [0.29, 0.717) is 0 Å². The van der Waals surface area contributed by atoms with Gasteiger partial charge < -0.3 is 26.3 Å². The van der Waals surface area contributed by atoms with Gasteiger partial charge in [0.05, 0.1) is 6.04 Å². The number of aromatic nitrogens is 1. The zero-order chi connectivity index (χ0) is 18.1. The number of nitrogens with one attached hydrogen (secondary N) is 2. The topological polar surface area (TPSA) is 156 Å². The van der Waals surface area contributed by atoms with E-state index in [0.717, 1.165) is 11.3 Å². The van der Waals surface area contributed by atoms with Gasteiger partial charge in [-0.2, -0.15) is 0 Å². The molecule has 1 aliphatic heterocycles. The minimum absolute atomic E-state index is 0.128. The Kier molecular flexibility index (Phi) is 4.73. The monoisotopic (exact) mass is 355 g/mol. The molecule has 0 aromatic carbocycles. The summed E-state index contributed by atoms with van der Waals surface area (Å²) in [4.78, 5) is 43.8. The van der Waals surface area contributed by atoms with Crippen molar-refractivity contribution in [2.75, 3.05) is 5.73 Å². The second kappa shape index (κ2) is 6.43. The van der Waals surface area contributed by atoms with Crippen LogP contribution in [0, 0.1) is 0 Å². The van der Waals surface area contributed by atoms with Crippen molar-refractivity contribution in [3.05, 3.63) is 11.1 Å². The van der Waals surface area contributed by atoms with Gasteiger partial charge in [-0.05, 0) is 20.8 Å². The molecule has 0 radical (unpaired) electrons. The van der Waals surface area contributed by atoms with Crippen LogP contribution < -0.4 is 16.4 Å². The Morgan fingerprint density at radius 2 is 2.21 bits per heavy atom. The van der Waals surface area contributed by atoms with Crippen molar-refractivity contribution in [1.82, 2.24) is 15.6 Å². The van der Waals surface area contributed by atoms with Gasteiger partial charge in [0.1, 0.15) is 11.7 Å². The van der Waals surface area contributed by atoms with E-state index >= 15 is 0 Å². The summed E-state index contributed by atoms with van der Waals surface area (Å²) in [6.45, 7) is 4.30. The summed E-state index contributed by atoms with van der Waals surface area (Å²) in [5.41, 5.74) is 3.77. The minimum Gasteiger partial charge on any atom is -0.478 e. The van der Waals surface area contributed by atoms with Crippen LogP contribution in [-0.2, 0) is 19.2 Å². The quantitative estimate of drug-likeness (QED) is 0.299. The van der Waals surface area contributed by atoms with Crippen LogP contribution >= 0.6 is 11.3 Å². The van der Waals surface area contributed by atoms with E-state index in [9.17, 15) is 14.4 Å². The number of oxime groups is 1. The Morgan fingerprint density at radius 3 is 2.67 bits per heavy atom. The lowest BCUT2D eigenvalue weighted by molar-refractivity contribution is -0.161. The van der Waals surface area contributed by atoms with Gasteiger partial charge in [0, 0.05) is 5.38 Å². The Bertz CT molecular complexity index is 713. The number of amides is 2. The van der Waals surface area contributed by atoms with Crippen LogP contribution in [0.4, 0.5) is 5.13 Å². The number of aliphatic carboxylic acids is 1. The molecule has 0 saturated carbocycles. The molecule has 130 valence electrons. The smallest absolute Gasteiger partial charge is 0.350 e. The fourth-order valence-corrected chi connectivity index (χ4v) is 2.28. The number of nitrogens with zero attached hydrogens (tertiary/aromatic N) is 2. The average molecular weight is 355 g/mol. The molecule has 0 aliphatic carbocycles. The van der Waals surface area contributed by atoms with Crippen LogP contribution in [0.25, 0.3) is 0 Å².